The summed E-state index contributed by atoms with van der Waals surface area (Å²) in [5.41, 5.74) is 1.99. The highest BCUT2D eigenvalue weighted by Gasteiger charge is 2.16. The van der Waals surface area contributed by atoms with Crippen LogP contribution in [0.3, 0.4) is 0 Å². The molecule has 1 amide bonds. The number of amides is 1. The Bertz CT molecular complexity index is 1500. The summed E-state index contributed by atoms with van der Waals surface area (Å²) in [6, 6.07) is 17.1. The molecule has 0 fully saturated rings. The molecule has 35 heavy (non-hydrogen) atoms. The van der Waals surface area contributed by atoms with Gasteiger partial charge >= 0.3 is 11.6 Å². The molecular weight excluding hydrogens is 450 g/mol. The molecule has 0 radical (unpaired) electrons. The fourth-order valence-corrected chi connectivity index (χ4v) is 3.67. The lowest BCUT2D eigenvalue weighted by Crippen LogP contribution is -2.18. The van der Waals surface area contributed by atoms with Crippen molar-refractivity contribution >= 4 is 28.5 Å². The third-order valence-electron chi connectivity index (χ3n) is 5.37. The molecular formula is C27H23NO7. The molecule has 178 valence electrons. The van der Waals surface area contributed by atoms with E-state index in [0.717, 1.165) is 5.56 Å². The normalized spacial score (nSPS) is 10.6. The number of benzene rings is 3. The third kappa shape index (κ3) is 5.01. The lowest BCUT2D eigenvalue weighted by molar-refractivity contribution is -0.131. The Labute approximate surface area is 201 Å². The number of ether oxygens (including phenoxy) is 3. The van der Waals surface area contributed by atoms with E-state index in [1.165, 1.54) is 19.1 Å². The minimum absolute atomic E-state index is 0.0131. The minimum atomic E-state index is -0.731. The van der Waals surface area contributed by atoms with E-state index < -0.39 is 17.5 Å². The zero-order chi connectivity index (χ0) is 25.1. The summed E-state index contributed by atoms with van der Waals surface area (Å²) >= 11 is 0. The van der Waals surface area contributed by atoms with Crippen molar-refractivity contribution in [2.45, 2.75) is 13.8 Å². The fraction of sp³-hybridized carbons (Fsp3) is 0.148. The molecule has 0 saturated carbocycles. The van der Waals surface area contributed by atoms with Gasteiger partial charge in [0.05, 0.1) is 14.2 Å². The van der Waals surface area contributed by atoms with Gasteiger partial charge in [-0.2, -0.15) is 0 Å². The van der Waals surface area contributed by atoms with E-state index in [4.69, 9.17) is 18.6 Å². The smallest absolute Gasteiger partial charge is 0.360 e. The van der Waals surface area contributed by atoms with Crippen LogP contribution >= 0.6 is 0 Å². The molecule has 0 unspecified atom stereocenters. The second-order valence-corrected chi connectivity index (χ2v) is 7.80. The van der Waals surface area contributed by atoms with Crippen molar-refractivity contribution < 1.29 is 28.2 Å². The van der Waals surface area contributed by atoms with E-state index in [2.05, 4.69) is 5.32 Å². The van der Waals surface area contributed by atoms with E-state index in [1.54, 1.807) is 45.4 Å². The monoisotopic (exact) mass is 473 g/mol. The van der Waals surface area contributed by atoms with Crippen LogP contribution < -0.4 is 25.2 Å². The summed E-state index contributed by atoms with van der Waals surface area (Å²) in [6.07, 6.45) is 0. The lowest BCUT2D eigenvalue weighted by Gasteiger charge is -2.12. The second-order valence-electron chi connectivity index (χ2n) is 7.80. The Balaban J connectivity index is 1.67. The Morgan fingerprint density at radius 3 is 2.43 bits per heavy atom. The molecule has 1 aromatic heterocycles. The van der Waals surface area contributed by atoms with Crippen LogP contribution in [0.2, 0.25) is 0 Å². The number of methoxy groups -OCH3 is 2. The number of fused-ring (bicyclic) bond motifs is 1. The highest BCUT2D eigenvalue weighted by atomic mass is 16.5. The van der Waals surface area contributed by atoms with Gasteiger partial charge in [-0.15, -0.1) is 0 Å². The van der Waals surface area contributed by atoms with Gasteiger partial charge in [0.1, 0.15) is 28.5 Å². The van der Waals surface area contributed by atoms with Crippen molar-refractivity contribution in [3.63, 3.8) is 0 Å². The molecule has 4 aromatic rings. The number of esters is 1. The van der Waals surface area contributed by atoms with Crippen molar-refractivity contribution in [2.24, 2.45) is 0 Å². The van der Waals surface area contributed by atoms with Gasteiger partial charge in [-0.25, -0.2) is 4.79 Å². The number of anilines is 1. The number of hydrogen-bond donors (Lipinski definition) is 1. The topological polar surface area (TPSA) is 104 Å². The number of rotatable bonds is 6. The molecule has 0 aliphatic heterocycles. The van der Waals surface area contributed by atoms with E-state index in [0.29, 0.717) is 39.3 Å². The standard InChI is InChI=1S/C27H23NO7/c1-15-10-19-13-22(27(31)35-25(19)14-24(15)34-16(2)29)28-26(30)18-8-9-23(33-4)21(12-18)17-6-5-7-20(11-17)32-3/h5-14H,1-4H3,(H,28,30). The van der Waals surface area contributed by atoms with Crippen LogP contribution in [-0.2, 0) is 4.79 Å². The largest absolute Gasteiger partial charge is 0.497 e. The molecule has 0 bridgehead atoms. The Morgan fingerprint density at radius 2 is 1.71 bits per heavy atom. The molecule has 0 spiro atoms. The predicted molar refractivity (Wildman–Crippen MR) is 131 cm³/mol. The second kappa shape index (κ2) is 9.72. The first-order chi connectivity index (χ1) is 16.8. The highest BCUT2D eigenvalue weighted by molar-refractivity contribution is 6.05. The number of nitrogens with one attached hydrogen (secondary N) is 1. The molecule has 0 aliphatic rings. The summed E-state index contributed by atoms with van der Waals surface area (Å²) < 4.78 is 21.3. The van der Waals surface area contributed by atoms with Gasteiger partial charge in [-0.3, -0.25) is 9.59 Å². The molecule has 1 heterocycles. The Morgan fingerprint density at radius 1 is 0.914 bits per heavy atom. The van der Waals surface area contributed by atoms with E-state index >= 15 is 0 Å². The van der Waals surface area contributed by atoms with Crippen molar-refractivity contribution in [3.8, 4) is 28.4 Å². The summed E-state index contributed by atoms with van der Waals surface area (Å²) in [5, 5.41) is 3.20. The summed E-state index contributed by atoms with van der Waals surface area (Å²) in [6.45, 7) is 3.05. The van der Waals surface area contributed by atoms with Crippen LogP contribution in [0.1, 0.15) is 22.8 Å². The number of hydrogen-bond acceptors (Lipinski definition) is 7. The van der Waals surface area contributed by atoms with E-state index in [-0.39, 0.29) is 11.3 Å². The van der Waals surface area contributed by atoms with Gasteiger partial charge in [0.2, 0.25) is 0 Å². The predicted octanol–water partition coefficient (Wildman–Crippen LogP) is 4.96. The van der Waals surface area contributed by atoms with Gasteiger partial charge in [0.25, 0.3) is 5.91 Å². The SMILES string of the molecule is COc1cccc(-c2cc(C(=O)Nc3cc4cc(C)c(OC(C)=O)cc4oc3=O)ccc2OC)c1. The number of aryl methyl sites for hydroxylation is 1. The quantitative estimate of drug-likeness (QED) is 0.240. The average Bonchev–Trinajstić information content (AvgIpc) is 2.84. The summed E-state index contributed by atoms with van der Waals surface area (Å²) in [5.74, 6) is 0.579. The number of carbonyl (C=O) groups is 2. The van der Waals surface area contributed by atoms with Gasteiger partial charge in [0, 0.05) is 29.5 Å². The van der Waals surface area contributed by atoms with Crippen molar-refractivity contribution in [1.82, 2.24) is 0 Å². The van der Waals surface area contributed by atoms with Gasteiger partial charge in [0.15, 0.2) is 0 Å². The molecule has 0 aliphatic carbocycles. The first-order valence-corrected chi connectivity index (χ1v) is 10.7. The van der Waals surface area contributed by atoms with Crippen molar-refractivity contribution in [3.05, 3.63) is 82.2 Å². The van der Waals surface area contributed by atoms with Gasteiger partial charge < -0.3 is 23.9 Å². The lowest BCUT2D eigenvalue weighted by atomic mass is 10.0. The Hall–Kier alpha value is -4.59. The Kier molecular flexibility index (Phi) is 6.55. The third-order valence-corrected chi connectivity index (χ3v) is 5.37. The molecule has 3 aromatic carbocycles. The van der Waals surface area contributed by atoms with E-state index in [9.17, 15) is 14.4 Å². The molecule has 8 heteroatoms. The van der Waals surface area contributed by atoms with Crippen LogP contribution in [0.5, 0.6) is 17.2 Å². The number of carbonyl (C=O) groups excluding carboxylic acids is 2. The molecule has 0 saturated heterocycles. The average molecular weight is 473 g/mol. The van der Waals surface area contributed by atoms with Crippen molar-refractivity contribution in [2.75, 3.05) is 19.5 Å². The summed E-state index contributed by atoms with van der Waals surface area (Å²) in [4.78, 5) is 36.9. The van der Waals surface area contributed by atoms with Crippen LogP contribution in [-0.4, -0.2) is 26.1 Å². The zero-order valence-corrected chi connectivity index (χ0v) is 19.6. The molecule has 1 N–H and O–H groups in total. The first-order valence-electron chi connectivity index (χ1n) is 10.7. The van der Waals surface area contributed by atoms with E-state index in [1.807, 2.05) is 24.3 Å². The first kappa shape index (κ1) is 23.6. The minimum Gasteiger partial charge on any atom is -0.497 e. The zero-order valence-electron chi connectivity index (χ0n) is 19.6. The molecule has 0 atom stereocenters. The van der Waals surface area contributed by atoms with Crippen molar-refractivity contribution in [1.29, 1.82) is 0 Å². The maximum atomic E-state index is 13.0. The van der Waals surface area contributed by atoms with Gasteiger partial charge in [-0.1, -0.05) is 12.1 Å². The molecule has 8 nitrogen and oxygen atoms in total. The maximum absolute atomic E-state index is 13.0. The molecule has 4 rings (SSSR count). The van der Waals surface area contributed by atoms with Crippen LogP contribution in [0, 0.1) is 6.92 Å². The highest BCUT2D eigenvalue weighted by Crippen LogP contribution is 2.33. The summed E-state index contributed by atoms with van der Waals surface area (Å²) in [7, 11) is 3.13. The maximum Gasteiger partial charge on any atom is 0.360 e. The van der Waals surface area contributed by atoms with Gasteiger partial charge in [-0.05, 0) is 60.5 Å². The van der Waals surface area contributed by atoms with Crippen LogP contribution in [0.4, 0.5) is 5.69 Å². The van der Waals surface area contributed by atoms with Crippen LogP contribution in [0.15, 0.2) is 69.9 Å². The van der Waals surface area contributed by atoms with Crippen LogP contribution in [0.25, 0.3) is 22.1 Å². The fourth-order valence-electron chi connectivity index (χ4n) is 3.67.